The van der Waals surface area contributed by atoms with Crippen molar-refractivity contribution >= 4 is 5.65 Å². The molecule has 0 aliphatic rings. The van der Waals surface area contributed by atoms with Gasteiger partial charge in [-0.2, -0.15) is 0 Å². The molecule has 2 heterocycles. The highest BCUT2D eigenvalue weighted by Crippen LogP contribution is 2.16. The van der Waals surface area contributed by atoms with Gasteiger partial charge in [0.05, 0.1) is 12.6 Å². The maximum Gasteiger partial charge on any atom is 0.165 e. The lowest BCUT2D eigenvalue weighted by Crippen LogP contribution is -2.15. The third-order valence-electron chi connectivity index (χ3n) is 2.45. The Labute approximate surface area is 87.6 Å². The van der Waals surface area contributed by atoms with E-state index < -0.39 is 6.04 Å². The number of rotatable bonds is 3. The molecule has 0 fully saturated rings. The van der Waals surface area contributed by atoms with E-state index in [2.05, 4.69) is 10.2 Å². The van der Waals surface area contributed by atoms with Crippen LogP contribution in [-0.2, 0) is 6.42 Å². The fourth-order valence-electron chi connectivity index (χ4n) is 1.61. The Morgan fingerprint density at radius 3 is 3.00 bits per heavy atom. The van der Waals surface area contributed by atoms with Crippen LogP contribution >= 0.6 is 0 Å². The molecule has 0 aliphatic carbocycles. The summed E-state index contributed by atoms with van der Waals surface area (Å²) in [5.74, 6) is 0.900. The molecule has 15 heavy (non-hydrogen) atoms. The van der Waals surface area contributed by atoms with Crippen LogP contribution in [0.25, 0.3) is 5.65 Å². The van der Waals surface area contributed by atoms with Gasteiger partial charge in [0, 0.05) is 18.2 Å². The number of aliphatic hydroxyl groups excluding tert-OH is 1. The van der Waals surface area contributed by atoms with Crippen LogP contribution in [0.4, 0.5) is 0 Å². The summed E-state index contributed by atoms with van der Waals surface area (Å²) in [5, 5.41) is 17.2. The fraction of sp³-hybridized carbons (Fsp3) is 0.400. The summed E-state index contributed by atoms with van der Waals surface area (Å²) in [5.41, 5.74) is 7.34. The minimum absolute atomic E-state index is 0.0893. The number of hydrogen-bond donors (Lipinski definition) is 2. The van der Waals surface area contributed by atoms with Crippen LogP contribution < -0.4 is 5.73 Å². The molecule has 1 unspecified atom stereocenters. The lowest BCUT2D eigenvalue weighted by atomic mass is 10.1. The number of nitrogens with two attached hydrogens (primary N) is 1. The van der Waals surface area contributed by atoms with Crippen molar-refractivity contribution in [3.8, 4) is 0 Å². The summed E-state index contributed by atoms with van der Waals surface area (Å²) in [6.07, 6.45) is 2.72. The van der Waals surface area contributed by atoms with Crippen LogP contribution in [0.3, 0.4) is 0 Å². The van der Waals surface area contributed by atoms with Crippen LogP contribution in [0.5, 0.6) is 0 Å². The second kappa shape index (κ2) is 3.96. The molecule has 0 saturated carbocycles. The molecule has 2 aromatic rings. The van der Waals surface area contributed by atoms with Crippen molar-refractivity contribution in [1.29, 1.82) is 0 Å². The van der Waals surface area contributed by atoms with Gasteiger partial charge < -0.3 is 10.8 Å². The highest BCUT2D eigenvalue weighted by Gasteiger charge is 2.12. The molecule has 0 spiro atoms. The van der Waals surface area contributed by atoms with E-state index in [-0.39, 0.29) is 6.61 Å². The summed E-state index contributed by atoms with van der Waals surface area (Å²) in [6.45, 7) is 1.93. The third kappa shape index (κ3) is 1.60. The number of fused-ring (bicyclic) bond motifs is 1. The molecule has 0 aliphatic heterocycles. The van der Waals surface area contributed by atoms with Crippen molar-refractivity contribution in [2.45, 2.75) is 19.4 Å². The Balaban J connectivity index is 2.61. The predicted octanol–water partition coefficient (Wildman–Crippen LogP) is 0.284. The van der Waals surface area contributed by atoms with E-state index in [1.807, 2.05) is 29.7 Å². The van der Waals surface area contributed by atoms with Gasteiger partial charge in [-0.1, -0.05) is 13.0 Å². The number of aromatic nitrogens is 3. The smallest absolute Gasteiger partial charge is 0.165 e. The number of aryl methyl sites for hydroxylation is 1. The van der Waals surface area contributed by atoms with Gasteiger partial charge in [-0.25, -0.2) is 0 Å². The molecule has 0 amide bonds. The molecule has 1 atom stereocenters. The zero-order valence-corrected chi connectivity index (χ0v) is 8.59. The molecule has 0 aromatic carbocycles. The van der Waals surface area contributed by atoms with Crippen molar-refractivity contribution in [3.63, 3.8) is 0 Å². The molecular formula is C10H14N4O. The summed E-state index contributed by atoms with van der Waals surface area (Å²) >= 11 is 0. The minimum atomic E-state index is -0.400. The van der Waals surface area contributed by atoms with Crippen LogP contribution in [0.15, 0.2) is 18.3 Å². The largest absolute Gasteiger partial charge is 0.394 e. The van der Waals surface area contributed by atoms with E-state index in [0.29, 0.717) is 0 Å². The average molecular weight is 206 g/mol. The van der Waals surface area contributed by atoms with E-state index in [9.17, 15) is 0 Å². The zero-order valence-electron chi connectivity index (χ0n) is 8.59. The van der Waals surface area contributed by atoms with E-state index in [1.165, 1.54) is 0 Å². The van der Waals surface area contributed by atoms with E-state index >= 15 is 0 Å². The van der Waals surface area contributed by atoms with Gasteiger partial charge in [0.1, 0.15) is 5.82 Å². The molecule has 2 rings (SSSR count). The number of nitrogens with zero attached hydrogens (tertiary/aromatic N) is 3. The molecule has 0 radical (unpaired) electrons. The van der Waals surface area contributed by atoms with Gasteiger partial charge >= 0.3 is 0 Å². The molecule has 0 bridgehead atoms. The van der Waals surface area contributed by atoms with E-state index in [0.717, 1.165) is 23.5 Å². The van der Waals surface area contributed by atoms with Gasteiger partial charge in [0.2, 0.25) is 0 Å². The topological polar surface area (TPSA) is 76.4 Å². The monoisotopic (exact) mass is 206 g/mol. The Morgan fingerprint density at radius 2 is 2.33 bits per heavy atom. The van der Waals surface area contributed by atoms with Gasteiger partial charge in [-0.05, 0) is 6.07 Å². The van der Waals surface area contributed by atoms with Gasteiger partial charge in [0.25, 0.3) is 0 Å². The first kappa shape index (κ1) is 10.1. The SMILES string of the molecule is CCc1nnc2c(C(N)CO)cccn12. The van der Waals surface area contributed by atoms with Gasteiger partial charge in [0.15, 0.2) is 5.65 Å². The number of hydrogen-bond acceptors (Lipinski definition) is 4. The molecule has 5 nitrogen and oxygen atoms in total. The number of aliphatic hydroxyl groups is 1. The first-order valence-corrected chi connectivity index (χ1v) is 4.97. The highest BCUT2D eigenvalue weighted by molar-refractivity contribution is 5.49. The molecule has 2 aromatic heterocycles. The van der Waals surface area contributed by atoms with Crippen LogP contribution in [-0.4, -0.2) is 26.3 Å². The average Bonchev–Trinajstić information content (AvgIpc) is 2.70. The van der Waals surface area contributed by atoms with Crippen molar-refractivity contribution in [2.24, 2.45) is 5.73 Å². The van der Waals surface area contributed by atoms with Crippen molar-refractivity contribution in [1.82, 2.24) is 14.6 Å². The van der Waals surface area contributed by atoms with Crippen molar-refractivity contribution < 1.29 is 5.11 Å². The second-order valence-electron chi connectivity index (χ2n) is 3.42. The minimum Gasteiger partial charge on any atom is -0.394 e. The molecular weight excluding hydrogens is 192 g/mol. The standard InChI is InChI=1S/C10H14N4O/c1-2-9-12-13-10-7(8(11)6-15)4-3-5-14(9)10/h3-5,8,15H,2,6,11H2,1H3. The maximum absolute atomic E-state index is 9.03. The van der Waals surface area contributed by atoms with Gasteiger partial charge in [-0.3, -0.25) is 4.40 Å². The Hall–Kier alpha value is -1.46. The third-order valence-corrected chi connectivity index (χ3v) is 2.45. The lowest BCUT2D eigenvalue weighted by molar-refractivity contribution is 0.268. The molecule has 5 heteroatoms. The van der Waals surface area contributed by atoms with Crippen LogP contribution in [0.1, 0.15) is 24.4 Å². The van der Waals surface area contributed by atoms with Crippen LogP contribution in [0, 0.1) is 0 Å². The van der Waals surface area contributed by atoms with E-state index in [4.69, 9.17) is 10.8 Å². The van der Waals surface area contributed by atoms with E-state index in [1.54, 1.807) is 0 Å². The normalized spacial score (nSPS) is 13.3. The highest BCUT2D eigenvalue weighted by atomic mass is 16.3. The first-order valence-electron chi connectivity index (χ1n) is 4.97. The summed E-state index contributed by atoms with van der Waals surface area (Å²) in [4.78, 5) is 0. The number of pyridine rings is 1. The van der Waals surface area contributed by atoms with Crippen molar-refractivity contribution in [3.05, 3.63) is 29.7 Å². The Kier molecular flexibility index (Phi) is 2.66. The summed E-state index contributed by atoms with van der Waals surface area (Å²) in [7, 11) is 0. The quantitative estimate of drug-likeness (QED) is 0.756. The summed E-state index contributed by atoms with van der Waals surface area (Å²) < 4.78 is 1.91. The fourth-order valence-corrected chi connectivity index (χ4v) is 1.61. The van der Waals surface area contributed by atoms with Crippen LogP contribution in [0.2, 0.25) is 0 Å². The van der Waals surface area contributed by atoms with Crippen molar-refractivity contribution in [2.75, 3.05) is 6.61 Å². The molecule has 80 valence electrons. The second-order valence-corrected chi connectivity index (χ2v) is 3.42. The Morgan fingerprint density at radius 1 is 1.53 bits per heavy atom. The van der Waals surface area contributed by atoms with Gasteiger partial charge in [-0.15, -0.1) is 10.2 Å². The predicted molar refractivity (Wildman–Crippen MR) is 56.4 cm³/mol. The zero-order chi connectivity index (χ0) is 10.8. The molecule has 0 saturated heterocycles. The summed E-state index contributed by atoms with van der Waals surface area (Å²) in [6, 6.07) is 3.35. The maximum atomic E-state index is 9.03. The molecule has 3 N–H and O–H groups in total. The first-order chi connectivity index (χ1) is 7.27. The lowest BCUT2D eigenvalue weighted by Gasteiger charge is -2.09. The Bertz CT molecular complexity index is 465.